The van der Waals surface area contributed by atoms with Gasteiger partial charge in [0.25, 0.3) is 0 Å². The molecule has 1 atom stereocenters. The van der Waals surface area contributed by atoms with Gasteiger partial charge < -0.3 is 9.88 Å². The lowest BCUT2D eigenvalue weighted by Crippen LogP contribution is -2.20. The average molecular weight is 475 g/mol. The molecule has 0 amide bonds. The van der Waals surface area contributed by atoms with E-state index in [4.69, 9.17) is 0 Å². The third kappa shape index (κ3) is 4.65. The summed E-state index contributed by atoms with van der Waals surface area (Å²) in [6.45, 7) is 8.67. The Morgan fingerprint density at radius 2 is 1.82 bits per heavy atom. The number of fused-ring (bicyclic) bond motifs is 1. The Bertz CT molecular complexity index is 1260. The predicted octanol–water partition coefficient (Wildman–Crippen LogP) is 6.95. The smallest absolute Gasteiger partial charge is 0.363 e. The van der Waals surface area contributed by atoms with Crippen molar-refractivity contribution in [3.8, 4) is 0 Å². The molecule has 1 unspecified atom stereocenters. The van der Waals surface area contributed by atoms with Crippen molar-refractivity contribution >= 4 is 29.2 Å². The molecule has 1 N–H and O–H groups in total. The summed E-state index contributed by atoms with van der Waals surface area (Å²) in [5.74, 6) is 1.49. The van der Waals surface area contributed by atoms with E-state index in [0.717, 1.165) is 41.6 Å². The summed E-state index contributed by atoms with van der Waals surface area (Å²) in [7, 11) is -2.51. The van der Waals surface area contributed by atoms with Crippen molar-refractivity contribution in [2.24, 2.45) is 0 Å². The molecule has 4 rings (SSSR count). The fraction of sp³-hybridized carbons (Fsp3) is 0.440. The van der Waals surface area contributed by atoms with Crippen LogP contribution >= 0.6 is 7.14 Å². The summed E-state index contributed by atoms with van der Waals surface area (Å²) >= 11 is 0. The predicted molar refractivity (Wildman–Crippen MR) is 128 cm³/mol. The van der Waals surface area contributed by atoms with Gasteiger partial charge in [-0.25, -0.2) is 9.97 Å². The van der Waals surface area contributed by atoms with Crippen molar-refractivity contribution in [2.45, 2.75) is 58.2 Å². The molecule has 4 nitrogen and oxygen atoms in total. The molecule has 8 heteroatoms. The van der Waals surface area contributed by atoms with Crippen LogP contribution in [-0.2, 0) is 10.7 Å². The molecule has 3 aromatic rings. The number of alkyl halides is 3. The molecule has 1 aliphatic rings. The second-order valence-electron chi connectivity index (χ2n) is 9.41. The first-order chi connectivity index (χ1) is 15.4. The van der Waals surface area contributed by atoms with Crippen LogP contribution in [0.4, 0.5) is 19.0 Å². The molecule has 0 saturated heterocycles. The van der Waals surface area contributed by atoms with Crippen LogP contribution in [0.15, 0.2) is 30.3 Å². The highest BCUT2D eigenvalue weighted by Gasteiger charge is 2.33. The molecule has 1 saturated carbocycles. The average Bonchev–Trinajstić information content (AvgIpc) is 2.64. The van der Waals surface area contributed by atoms with Crippen LogP contribution in [-0.4, -0.2) is 23.3 Å². The molecule has 0 radical (unpaired) electrons. The summed E-state index contributed by atoms with van der Waals surface area (Å²) in [5, 5.41) is 5.00. The first kappa shape index (κ1) is 23.7. The summed E-state index contributed by atoms with van der Waals surface area (Å²) < 4.78 is 53.3. The van der Waals surface area contributed by atoms with Crippen LogP contribution in [0.1, 0.15) is 66.2 Å². The Balaban J connectivity index is 1.81. The van der Waals surface area contributed by atoms with Crippen LogP contribution in [0, 0.1) is 13.8 Å². The molecule has 2 aromatic carbocycles. The Hall–Kier alpha value is -2.40. The van der Waals surface area contributed by atoms with Crippen molar-refractivity contribution in [3.05, 3.63) is 58.4 Å². The SMILES string of the molecule is Cc1nc(NC(C)c2cccc(C(F)(F)F)c2C)c2cc(C3CCC3)c(P(C)(C)=O)cc2n1. The fourth-order valence-electron chi connectivity index (χ4n) is 4.63. The first-order valence-corrected chi connectivity index (χ1v) is 13.8. The normalized spacial score (nSPS) is 16.0. The van der Waals surface area contributed by atoms with Gasteiger partial charge in [0, 0.05) is 10.7 Å². The Labute approximate surface area is 192 Å². The summed E-state index contributed by atoms with van der Waals surface area (Å²) in [4.78, 5) is 9.17. The number of hydrogen-bond acceptors (Lipinski definition) is 4. The van der Waals surface area contributed by atoms with Crippen LogP contribution in [0.3, 0.4) is 0 Å². The van der Waals surface area contributed by atoms with Gasteiger partial charge >= 0.3 is 6.18 Å². The topological polar surface area (TPSA) is 54.9 Å². The monoisotopic (exact) mass is 475 g/mol. The molecule has 0 bridgehead atoms. The van der Waals surface area contributed by atoms with E-state index in [1.807, 2.05) is 19.1 Å². The van der Waals surface area contributed by atoms with Crippen LogP contribution in [0.25, 0.3) is 10.9 Å². The van der Waals surface area contributed by atoms with E-state index in [1.54, 1.807) is 26.3 Å². The van der Waals surface area contributed by atoms with Gasteiger partial charge in [-0.1, -0.05) is 18.6 Å². The van der Waals surface area contributed by atoms with Gasteiger partial charge in [-0.3, -0.25) is 0 Å². The van der Waals surface area contributed by atoms with E-state index in [0.29, 0.717) is 28.6 Å². The number of halogens is 3. The number of aromatic nitrogens is 2. The standard InChI is InChI=1S/C25H29F3N3OP/c1-14-18(10-7-11-21(14)25(26,27)28)15(2)29-24-20-12-19(17-8-6-9-17)23(33(4,5)32)13-22(20)30-16(3)31-24/h7,10-13,15,17H,6,8-9H2,1-5H3,(H,29,30,31). The lowest BCUT2D eigenvalue weighted by atomic mass is 9.79. The van der Waals surface area contributed by atoms with Crippen molar-refractivity contribution < 1.29 is 17.7 Å². The fourth-order valence-corrected chi connectivity index (χ4v) is 5.93. The van der Waals surface area contributed by atoms with Crippen molar-refractivity contribution in [2.75, 3.05) is 18.6 Å². The highest BCUT2D eigenvalue weighted by molar-refractivity contribution is 7.70. The minimum atomic E-state index is -4.40. The van der Waals surface area contributed by atoms with E-state index >= 15 is 0 Å². The molecular weight excluding hydrogens is 446 g/mol. The lowest BCUT2D eigenvalue weighted by Gasteiger charge is -2.29. The van der Waals surface area contributed by atoms with Crippen LogP contribution < -0.4 is 10.6 Å². The molecule has 0 spiro atoms. The van der Waals surface area contributed by atoms with E-state index in [1.165, 1.54) is 13.0 Å². The maximum absolute atomic E-state index is 13.4. The summed E-state index contributed by atoms with van der Waals surface area (Å²) in [6.07, 6.45) is -1.12. The summed E-state index contributed by atoms with van der Waals surface area (Å²) in [6, 6.07) is 7.82. The number of benzene rings is 2. The number of anilines is 1. The Kier molecular flexibility index (Phi) is 6.06. The van der Waals surface area contributed by atoms with Crippen molar-refractivity contribution in [1.82, 2.24) is 9.97 Å². The third-order valence-electron chi connectivity index (χ3n) is 6.58. The van der Waals surface area contributed by atoms with Gasteiger partial charge in [-0.05, 0) is 87.7 Å². The van der Waals surface area contributed by atoms with E-state index in [2.05, 4.69) is 15.3 Å². The highest BCUT2D eigenvalue weighted by Crippen LogP contribution is 2.45. The van der Waals surface area contributed by atoms with E-state index in [9.17, 15) is 17.7 Å². The zero-order valence-electron chi connectivity index (χ0n) is 19.5. The van der Waals surface area contributed by atoms with Gasteiger partial charge in [-0.15, -0.1) is 0 Å². The quantitative estimate of drug-likeness (QED) is 0.406. The molecule has 176 valence electrons. The minimum absolute atomic E-state index is 0.204. The highest BCUT2D eigenvalue weighted by atomic mass is 31.2. The maximum Gasteiger partial charge on any atom is 0.416 e. The lowest BCUT2D eigenvalue weighted by molar-refractivity contribution is -0.138. The second-order valence-corrected chi connectivity index (χ2v) is 12.6. The number of nitrogens with zero attached hydrogens (tertiary/aromatic N) is 2. The van der Waals surface area contributed by atoms with Gasteiger partial charge in [0.15, 0.2) is 0 Å². The zero-order valence-corrected chi connectivity index (χ0v) is 20.4. The molecule has 1 heterocycles. The van der Waals surface area contributed by atoms with Gasteiger partial charge in [-0.2, -0.15) is 13.2 Å². The first-order valence-electron chi connectivity index (χ1n) is 11.2. The maximum atomic E-state index is 13.4. The van der Waals surface area contributed by atoms with Gasteiger partial charge in [0.05, 0.1) is 17.1 Å². The Morgan fingerprint density at radius 3 is 2.39 bits per heavy atom. The Morgan fingerprint density at radius 1 is 1.12 bits per heavy atom. The van der Waals surface area contributed by atoms with Crippen LogP contribution in [0.5, 0.6) is 0 Å². The molecule has 1 aromatic heterocycles. The molecule has 0 aliphatic heterocycles. The second kappa shape index (κ2) is 8.43. The minimum Gasteiger partial charge on any atom is -0.363 e. The van der Waals surface area contributed by atoms with E-state index in [-0.39, 0.29) is 5.56 Å². The number of hydrogen-bond donors (Lipinski definition) is 1. The third-order valence-corrected chi connectivity index (χ3v) is 8.13. The number of nitrogens with one attached hydrogen (secondary N) is 1. The van der Waals surface area contributed by atoms with E-state index < -0.39 is 24.9 Å². The van der Waals surface area contributed by atoms with Crippen molar-refractivity contribution in [1.29, 1.82) is 0 Å². The summed E-state index contributed by atoms with van der Waals surface area (Å²) in [5.41, 5.74) is 1.92. The molecule has 1 fully saturated rings. The zero-order chi connectivity index (χ0) is 24.1. The molecular formula is C25H29F3N3OP. The molecule has 1 aliphatic carbocycles. The largest absolute Gasteiger partial charge is 0.416 e. The van der Waals surface area contributed by atoms with Crippen LogP contribution in [0.2, 0.25) is 0 Å². The van der Waals surface area contributed by atoms with Gasteiger partial charge in [0.1, 0.15) is 18.8 Å². The number of rotatable bonds is 5. The molecule has 33 heavy (non-hydrogen) atoms. The van der Waals surface area contributed by atoms with Crippen molar-refractivity contribution in [3.63, 3.8) is 0 Å². The van der Waals surface area contributed by atoms with Gasteiger partial charge in [0.2, 0.25) is 0 Å². The number of aryl methyl sites for hydroxylation is 1.